The van der Waals surface area contributed by atoms with Gasteiger partial charge >= 0.3 is 27.9 Å². The monoisotopic (exact) mass is 270 g/mol. The fraction of sp³-hybridized carbons (Fsp3) is 1.00. The van der Waals surface area contributed by atoms with Crippen LogP contribution in [0.3, 0.4) is 0 Å². The molecule has 104 valence electrons. The maximum atomic E-state index is 12.6. The SMILES string of the molecule is CC(C)(C)O[Si]([O-])(OC(C)(C)C)OC(C)(C)C.[Li+]. The van der Waals surface area contributed by atoms with Crippen LogP contribution in [0.25, 0.3) is 0 Å². The molecule has 0 amide bonds. The Hall–Kier alpha value is 0.654. The standard InChI is InChI=1S/C12H27O4Si.Li/c1-10(2,3)14-17(13,15-11(4,5)6)16-12(7,8)9;/h1-9H3;/q-1;+1. The van der Waals surface area contributed by atoms with Gasteiger partial charge in [0.15, 0.2) is 0 Å². The molecule has 6 heteroatoms. The Balaban J connectivity index is 0. The summed E-state index contributed by atoms with van der Waals surface area (Å²) < 4.78 is 16.5. The van der Waals surface area contributed by atoms with Crippen LogP contribution in [0, 0.1) is 0 Å². The Morgan fingerprint density at radius 2 is 0.778 bits per heavy atom. The maximum Gasteiger partial charge on any atom is 1.00 e. The minimum absolute atomic E-state index is 0. The van der Waals surface area contributed by atoms with Crippen LogP contribution in [0.5, 0.6) is 0 Å². The van der Waals surface area contributed by atoms with Crippen molar-refractivity contribution in [2.75, 3.05) is 0 Å². The van der Waals surface area contributed by atoms with Gasteiger partial charge in [-0.2, -0.15) is 0 Å². The van der Waals surface area contributed by atoms with Gasteiger partial charge in [-0.05, 0) is 62.3 Å². The van der Waals surface area contributed by atoms with Gasteiger partial charge in [0.25, 0.3) is 0 Å². The Morgan fingerprint density at radius 3 is 0.889 bits per heavy atom. The second kappa shape index (κ2) is 6.40. The average molecular weight is 270 g/mol. The molecule has 0 spiro atoms. The second-order valence-corrected chi connectivity index (χ2v) is 8.76. The third kappa shape index (κ3) is 11.7. The predicted octanol–water partition coefficient (Wildman–Crippen LogP) is -0.768. The van der Waals surface area contributed by atoms with Gasteiger partial charge in [0.05, 0.1) is 16.8 Å². The molecule has 0 radical (unpaired) electrons. The minimum atomic E-state index is -3.91. The first-order chi connectivity index (χ1) is 7.12. The van der Waals surface area contributed by atoms with E-state index in [1.54, 1.807) is 0 Å². The Bertz CT molecular complexity index is 209. The number of rotatable bonds is 3. The van der Waals surface area contributed by atoms with E-state index >= 15 is 0 Å². The third-order valence-corrected chi connectivity index (χ3v) is 3.88. The summed E-state index contributed by atoms with van der Waals surface area (Å²) in [5.41, 5.74) is -1.74. The van der Waals surface area contributed by atoms with Gasteiger partial charge < -0.3 is 18.1 Å². The molecule has 0 aliphatic rings. The van der Waals surface area contributed by atoms with Crippen molar-refractivity contribution in [3.05, 3.63) is 0 Å². The van der Waals surface area contributed by atoms with Crippen molar-refractivity contribution >= 4 is 9.05 Å². The van der Waals surface area contributed by atoms with Crippen LogP contribution in [0.2, 0.25) is 0 Å². The fourth-order valence-electron chi connectivity index (χ4n) is 1.19. The van der Waals surface area contributed by atoms with Crippen LogP contribution in [-0.4, -0.2) is 25.9 Å². The second-order valence-electron chi connectivity index (χ2n) is 7.14. The molecule has 0 fully saturated rings. The van der Waals surface area contributed by atoms with Crippen molar-refractivity contribution < 1.29 is 36.9 Å². The van der Waals surface area contributed by atoms with E-state index in [1.165, 1.54) is 0 Å². The van der Waals surface area contributed by atoms with E-state index in [-0.39, 0.29) is 18.9 Å². The van der Waals surface area contributed by atoms with Crippen molar-refractivity contribution in [2.45, 2.75) is 79.1 Å². The smallest absolute Gasteiger partial charge is 0.793 e. The van der Waals surface area contributed by atoms with Crippen molar-refractivity contribution in [3.63, 3.8) is 0 Å². The molecule has 0 unspecified atom stereocenters. The summed E-state index contributed by atoms with van der Waals surface area (Å²) in [4.78, 5) is 12.6. The first kappa shape index (κ1) is 21.0. The van der Waals surface area contributed by atoms with Crippen molar-refractivity contribution in [1.29, 1.82) is 0 Å². The molecule has 4 nitrogen and oxygen atoms in total. The first-order valence-corrected chi connectivity index (χ1v) is 7.56. The Morgan fingerprint density at radius 1 is 0.611 bits per heavy atom. The molecule has 0 rings (SSSR count). The molecular weight excluding hydrogens is 243 g/mol. The zero-order chi connectivity index (χ0) is 14.1. The minimum Gasteiger partial charge on any atom is -0.793 e. The molecule has 0 aromatic carbocycles. The van der Waals surface area contributed by atoms with Crippen LogP contribution < -0.4 is 23.7 Å². The molecule has 0 atom stereocenters. The summed E-state index contributed by atoms with van der Waals surface area (Å²) in [7, 11) is -3.91. The topological polar surface area (TPSA) is 50.8 Å². The van der Waals surface area contributed by atoms with E-state index in [2.05, 4.69) is 0 Å². The van der Waals surface area contributed by atoms with E-state index in [0.717, 1.165) is 0 Å². The maximum absolute atomic E-state index is 12.6. The summed E-state index contributed by atoms with van der Waals surface area (Å²) in [6, 6.07) is 0. The molecule has 0 saturated heterocycles. The van der Waals surface area contributed by atoms with Crippen LogP contribution >= 0.6 is 0 Å². The van der Waals surface area contributed by atoms with Gasteiger partial charge in [-0.25, -0.2) is 0 Å². The molecule has 0 heterocycles. The molecule has 0 aromatic heterocycles. The fourth-order valence-corrected chi connectivity index (χ4v) is 3.56. The predicted molar refractivity (Wildman–Crippen MR) is 68.3 cm³/mol. The van der Waals surface area contributed by atoms with Crippen LogP contribution in [0.15, 0.2) is 0 Å². The van der Waals surface area contributed by atoms with E-state index in [4.69, 9.17) is 13.3 Å². The average Bonchev–Trinajstić information content (AvgIpc) is 1.65. The Labute approximate surface area is 125 Å². The summed E-state index contributed by atoms with van der Waals surface area (Å²) in [6.07, 6.45) is 0. The molecule has 0 bridgehead atoms. The molecule has 18 heavy (non-hydrogen) atoms. The molecule has 0 saturated carbocycles. The summed E-state index contributed by atoms with van der Waals surface area (Å²) in [6.45, 7) is 16.4. The Kier molecular flexibility index (Phi) is 7.46. The zero-order valence-corrected chi connectivity index (χ0v) is 14.6. The molecule has 0 aromatic rings. The zero-order valence-electron chi connectivity index (χ0n) is 13.6. The van der Waals surface area contributed by atoms with Gasteiger partial charge in [0.1, 0.15) is 0 Å². The quantitative estimate of drug-likeness (QED) is 0.632. The van der Waals surface area contributed by atoms with E-state index in [9.17, 15) is 4.80 Å². The van der Waals surface area contributed by atoms with Gasteiger partial charge in [-0.15, -0.1) is 0 Å². The summed E-state index contributed by atoms with van der Waals surface area (Å²) in [5, 5.41) is 0. The van der Waals surface area contributed by atoms with Crippen molar-refractivity contribution in [1.82, 2.24) is 0 Å². The van der Waals surface area contributed by atoms with Crippen LogP contribution in [0.1, 0.15) is 62.3 Å². The number of hydrogen-bond acceptors (Lipinski definition) is 4. The van der Waals surface area contributed by atoms with Gasteiger partial charge in [-0.1, -0.05) is 0 Å². The molecule has 0 aliphatic carbocycles. The largest absolute Gasteiger partial charge is 1.00 e. The molecule has 0 N–H and O–H groups in total. The van der Waals surface area contributed by atoms with Crippen molar-refractivity contribution in [2.24, 2.45) is 0 Å². The van der Waals surface area contributed by atoms with Gasteiger partial charge in [0.2, 0.25) is 0 Å². The van der Waals surface area contributed by atoms with E-state index in [1.807, 2.05) is 62.3 Å². The molecular formula is C12H27LiO4Si. The van der Waals surface area contributed by atoms with E-state index < -0.39 is 25.9 Å². The van der Waals surface area contributed by atoms with Gasteiger partial charge in [0, 0.05) is 0 Å². The van der Waals surface area contributed by atoms with Crippen LogP contribution in [0.4, 0.5) is 0 Å². The first-order valence-electron chi connectivity index (χ1n) is 5.93. The van der Waals surface area contributed by atoms with Gasteiger partial charge in [-0.3, -0.25) is 0 Å². The number of hydrogen-bond donors (Lipinski definition) is 0. The normalized spacial score (nSPS) is 14.3. The van der Waals surface area contributed by atoms with E-state index in [0.29, 0.717) is 0 Å². The van der Waals surface area contributed by atoms with Crippen molar-refractivity contribution in [3.8, 4) is 0 Å². The summed E-state index contributed by atoms with van der Waals surface area (Å²) in [5.74, 6) is 0. The molecule has 0 aliphatic heterocycles. The van der Waals surface area contributed by atoms with Crippen LogP contribution in [-0.2, 0) is 13.3 Å². The summed E-state index contributed by atoms with van der Waals surface area (Å²) >= 11 is 0. The third-order valence-electron chi connectivity index (χ3n) is 1.29.